The number of hydrogen-bond acceptors (Lipinski definition) is 3. The molecule has 128 valence electrons. The summed E-state index contributed by atoms with van der Waals surface area (Å²) in [6, 6.07) is -0.642. The molecule has 1 aliphatic heterocycles. The lowest BCUT2D eigenvalue weighted by molar-refractivity contribution is -0.135. The van der Waals surface area contributed by atoms with E-state index in [1.807, 2.05) is 13.8 Å². The smallest absolute Gasteiger partial charge is 0.408 e. The first-order valence-corrected chi connectivity index (χ1v) is 8.34. The maximum atomic E-state index is 12.9. The molecule has 1 saturated carbocycles. The molecule has 1 heterocycles. The zero-order valence-corrected chi connectivity index (χ0v) is 14.6. The van der Waals surface area contributed by atoms with Gasteiger partial charge in [-0.15, -0.1) is 0 Å². The first kappa shape index (κ1) is 17.6. The minimum Gasteiger partial charge on any atom is -0.444 e. The topological polar surface area (TPSA) is 63.0 Å². The first-order chi connectivity index (χ1) is 10.7. The number of ether oxygens (including phenoxy) is 1. The molecule has 0 aromatic carbocycles. The van der Waals surface area contributed by atoms with Crippen LogP contribution >= 0.6 is 0 Å². The number of nitrogens with one attached hydrogen (secondary N) is 1. The van der Waals surface area contributed by atoms with Crippen LogP contribution in [0.25, 0.3) is 4.85 Å². The summed E-state index contributed by atoms with van der Waals surface area (Å²) in [5.41, 5.74) is -0.610. The van der Waals surface area contributed by atoms with Crippen molar-refractivity contribution in [2.45, 2.75) is 65.3 Å². The average molecular weight is 321 g/mol. The number of piperidine rings is 1. The SMILES string of the molecule is [C-]#[N+]C1[C@H]2C[C@H]2CN1C(=O)[C@@H](NC(=O)OC(C)(C)C)C(C)CC. The van der Waals surface area contributed by atoms with Crippen LogP contribution in [-0.4, -0.2) is 41.3 Å². The highest BCUT2D eigenvalue weighted by atomic mass is 16.6. The standard InChI is InChI=1S/C17H27N3O3/c1-7-10(2)13(19-16(22)23-17(3,4)5)15(21)20-9-11-8-12(11)14(20)18-6/h10-14H,7-9H2,1-5H3,(H,19,22)/t10?,11-,12-,13-,14?/m0/s1. The Labute approximate surface area is 138 Å². The van der Waals surface area contributed by atoms with Crippen molar-refractivity contribution in [1.29, 1.82) is 0 Å². The molecule has 2 fully saturated rings. The minimum atomic E-state index is -0.642. The molecule has 0 aromatic rings. The van der Waals surface area contributed by atoms with E-state index in [9.17, 15) is 9.59 Å². The lowest BCUT2D eigenvalue weighted by Gasteiger charge is -2.30. The van der Waals surface area contributed by atoms with Crippen LogP contribution in [0, 0.1) is 24.3 Å². The van der Waals surface area contributed by atoms with Gasteiger partial charge in [-0.3, -0.25) is 14.5 Å². The maximum Gasteiger partial charge on any atom is 0.408 e. The molecule has 1 aliphatic carbocycles. The number of fused-ring (bicyclic) bond motifs is 1. The van der Waals surface area contributed by atoms with Gasteiger partial charge in [0, 0.05) is 6.54 Å². The van der Waals surface area contributed by atoms with E-state index in [1.54, 1.807) is 25.7 Å². The molecule has 6 heteroatoms. The number of carbonyl (C=O) groups excluding carboxylic acids is 2. The highest BCUT2D eigenvalue weighted by Crippen LogP contribution is 2.50. The van der Waals surface area contributed by atoms with Gasteiger partial charge in [0.25, 0.3) is 5.91 Å². The fourth-order valence-corrected chi connectivity index (χ4v) is 3.12. The van der Waals surface area contributed by atoms with E-state index < -0.39 is 17.7 Å². The van der Waals surface area contributed by atoms with Gasteiger partial charge in [0.05, 0.1) is 5.92 Å². The average Bonchev–Trinajstić information content (AvgIpc) is 3.12. The molecule has 0 bridgehead atoms. The fraction of sp³-hybridized carbons (Fsp3) is 0.824. The predicted molar refractivity (Wildman–Crippen MR) is 86.3 cm³/mol. The van der Waals surface area contributed by atoms with Gasteiger partial charge >= 0.3 is 12.3 Å². The molecule has 5 atom stereocenters. The summed E-state index contributed by atoms with van der Waals surface area (Å²) in [6.45, 7) is 17.3. The molecular weight excluding hydrogens is 294 g/mol. The molecule has 0 spiro atoms. The lowest BCUT2D eigenvalue weighted by Crippen LogP contribution is -2.54. The Morgan fingerprint density at radius 2 is 2.09 bits per heavy atom. The molecule has 23 heavy (non-hydrogen) atoms. The van der Waals surface area contributed by atoms with Crippen LogP contribution in [0.2, 0.25) is 0 Å². The number of likely N-dealkylation sites (tertiary alicyclic amines) is 1. The second kappa shape index (κ2) is 6.38. The Balaban J connectivity index is 2.07. The minimum absolute atomic E-state index is 0.0154. The summed E-state index contributed by atoms with van der Waals surface area (Å²) in [4.78, 5) is 30.2. The maximum absolute atomic E-state index is 12.9. The number of hydrogen-bond donors (Lipinski definition) is 1. The molecule has 6 nitrogen and oxygen atoms in total. The first-order valence-electron chi connectivity index (χ1n) is 8.34. The molecular formula is C17H27N3O3. The van der Waals surface area contributed by atoms with E-state index in [2.05, 4.69) is 10.2 Å². The van der Waals surface area contributed by atoms with Crippen LogP contribution < -0.4 is 5.32 Å². The van der Waals surface area contributed by atoms with Crippen LogP contribution in [0.1, 0.15) is 47.5 Å². The Bertz CT molecular complexity index is 520. The summed E-state index contributed by atoms with van der Waals surface area (Å²) in [7, 11) is 0. The zero-order chi connectivity index (χ0) is 17.4. The summed E-state index contributed by atoms with van der Waals surface area (Å²) in [5.74, 6) is 0.629. The van der Waals surface area contributed by atoms with E-state index in [4.69, 9.17) is 11.3 Å². The van der Waals surface area contributed by atoms with Gasteiger partial charge in [0.15, 0.2) is 0 Å². The molecule has 2 unspecified atom stereocenters. The van der Waals surface area contributed by atoms with Crippen molar-refractivity contribution in [2.75, 3.05) is 6.54 Å². The van der Waals surface area contributed by atoms with Gasteiger partial charge < -0.3 is 10.1 Å². The van der Waals surface area contributed by atoms with E-state index in [0.29, 0.717) is 18.4 Å². The van der Waals surface area contributed by atoms with Gasteiger partial charge in [-0.05, 0) is 39.0 Å². The molecule has 0 aromatic heterocycles. The molecule has 2 rings (SSSR count). The second-order valence-electron chi connectivity index (χ2n) is 7.70. The Morgan fingerprint density at radius 1 is 1.43 bits per heavy atom. The van der Waals surface area contributed by atoms with Gasteiger partial charge in [-0.2, -0.15) is 0 Å². The van der Waals surface area contributed by atoms with Crippen molar-refractivity contribution in [1.82, 2.24) is 10.2 Å². The summed E-state index contributed by atoms with van der Waals surface area (Å²) in [5, 5.41) is 2.72. The van der Waals surface area contributed by atoms with Crippen LogP contribution in [-0.2, 0) is 9.53 Å². The molecule has 2 amide bonds. The highest BCUT2D eigenvalue weighted by molar-refractivity contribution is 5.86. The summed E-state index contributed by atoms with van der Waals surface area (Å²) >= 11 is 0. The molecule has 0 radical (unpaired) electrons. The zero-order valence-electron chi connectivity index (χ0n) is 14.6. The van der Waals surface area contributed by atoms with Gasteiger partial charge in [0.1, 0.15) is 11.6 Å². The third-order valence-corrected chi connectivity index (χ3v) is 4.68. The molecule has 2 aliphatic rings. The number of nitrogens with zero attached hydrogens (tertiary/aromatic N) is 2. The Kier molecular flexibility index (Phi) is 4.88. The van der Waals surface area contributed by atoms with Crippen molar-refractivity contribution in [3.8, 4) is 0 Å². The van der Waals surface area contributed by atoms with Gasteiger partial charge in [-0.1, -0.05) is 20.3 Å². The van der Waals surface area contributed by atoms with Crippen molar-refractivity contribution < 1.29 is 14.3 Å². The number of amides is 2. The Morgan fingerprint density at radius 3 is 2.61 bits per heavy atom. The van der Waals surface area contributed by atoms with Crippen molar-refractivity contribution in [3.63, 3.8) is 0 Å². The second-order valence-corrected chi connectivity index (χ2v) is 7.70. The Hall–Kier alpha value is -1.77. The fourth-order valence-electron chi connectivity index (χ4n) is 3.12. The summed E-state index contributed by atoms with van der Waals surface area (Å²) < 4.78 is 5.28. The van der Waals surface area contributed by atoms with Crippen molar-refractivity contribution >= 4 is 12.0 Å². The number of alkyl carbamates (subject to hydrolysis) is 1. The monoisotopic (exact) mass is 321 g/mol. The van der Waals surface area contributed by atoms with E-state index in [-0.39, 0.29) is 18.0 Å². The van der Waals surface area contributed by atoms with Crippen LogP contribution in [0.5, 0.6) is 0 Å². The van der Waals surface area contributed by atoms with Gasteiger partial charge in [0.2, 0.25) is 0 Å². The van der Waals surface area contributed by atoms with Crippen LogP contribution in [0.4, 0.5) is 4.79 Å². The lowest BCUT2D eigenvalue weighted by atomic mass is 9.97. The van der Waals surface area contributed by atoms with Crippen molar-refractivity contribution in [2.24, 2.45) is 17.8 Å². The normalized spacial score (nSPS) is 28.3. The van der Waals surface area contributed by atoms with Crippen LogP contribution in [0.3, 0.4) is 0 Å². The molecule has 1 N–H and O–H groups in total. The van der Waals surface area contributed by atoms with Crippen LogP contribution in [0.15, 0.2) is 0 Å². The van der Waals surface area contributed by atoms with E-state index in [1.165, 1.54) is 0 Å². The highest BCUT2D eigenvalue weighted by Gasteiger charge is 2.59. The summed E-state index contributed by atoms with van der Waals surface area (Å²) in [6.07, 6.45) is 0.860. The quantitative estimate of drug-likeness (QED) is 0.810. The molecule has 1 saturated heterocycles. The predicted octanol–water partition coefficient (Wildman–Crippen LogP) is 2.65. The third-order valence-electron chi connectivity index (χ3n) is 4.68. The van der Waals surface area contributed by atoms with E-state index in [0.717, 1.165) is 12.8 Å². The van der Waals surface area contributed by atoms with E-state index >= 15 is 0 Å². The third kappa shape index (κ3) is 3.95. The number of rotatable bonds is 4. The van der Waals surface area contributed by atoms with Gasteiger partial charge in [-0.25, -0.2) is 11.4 Å². The largest absolute Gasteiger partial charge is 0.444 e. The van der Waals surface area contributed by atoms with Crippen molar-refractivity contribution in [3.05, 3.63) is 11.4 Å². The number of carbonyl (C=O) groups is 2.